The van der Waals surface area contributed by atoms with E-state index in [9.17, 15) is 19.8 Å². The zero-order valence-corrected chi connectivity index (χ0v) is 21.5. The summed E-state index contributed by atoms with van der Waals surface area (Å²) in [4.78, 5) is 27.8. The maximum Gasteiger partial charge on any atom is 0.300 e. The van der Waals surface area contributed by atoms with Crippen LogP contribution in [0.5, 0.6) is 11.5 Å². The molecule has 36 heavy (non-hydrogen) atoms. The van der Waals surface area contributed by atoms with Crippen LogP contribution in [0.1, 0.15) is 36.6 Å². The Bertz CT molecular complexity index is 1380. The quantitative estimate of drug-likeness (QED) is 0.213. The predicted molar refractivity (Wildman–Crippen MR) is 141 cm³/mol. The Labute approximate surface area is 219 Å². The Balaban J connectivity index is 1.87. The Morgan fingerprint density at radius 2 is 1.78 bits per heavy atom. The molecule has 0 aromatic heterocycles. The third-order valence-corrected chi connectivity index (χ3v) is 6.57. The first-order valence-corrected chi connectivity index (χ1v) is 12.1. The van der Waals surface area contributed by atoms with Gasteiger partial charge in [0.2, 0.25) is 0 Å². The molecular weight excluding hydrogens is 501 g/mol. The number of phenols is 1. The molecule has 1 atom stereocenters. The minimum atomic E-state index is -1.01. The number of aromatic hydroxyl groups is 1. The number of Topliss-reactive ketones (excluding diaryl/α,β-unsaturated/α-hetero) is 1. The summed E-state index contributed by atoms with van der Waals surface area (Å²) in [5.74, 6) is -1.06. The maximum absolute atomic E-state index is 13.3. The molecule has 0 saturated carbocycles. The number of carbonyl (C=O) groups is 2. The number of ether oxygens (including phenoxy) is 1. The molecule has 6 nitrogen and oxygen atoms in total. The highest BCUT2D eigenvalue weighted by Gasteiger charge is 2.47. The van der Waals surface area contributed by atoms with Gasteiger partial charge in [-0.2, -0.15) is 0 Å². The third kappa shape index (κ3) is 4.92. The second-order valence-corrected chi connectivity index (χ2v) is 9.86. The topological polar surface area (TPSA) is 87.1 Å². The van der Waals surface area contributed by atoms with Crippen LogP contribution in [-0.4, -0.2) is 28.5 Å². The van der Waals surface area contributed by atoms with Crippen molar-refractivity contribution in [3.05, 3.63) is 93.0 Å². The number of rotatable bonds is 6. The summed E-state index contributed by atoms with van der Waals surface area (Å²) in [6.45, 7) is 6.47. The molecule has 0 radical (unpaired) electrons. The number of aryl methyl sites for hydroxylation is 1. The molecule has 1 fully saturated rings. The molecule has 3 aromatic rings. The number of anilines is 1. The van der Waals surface area contributed by atoms with Gasteiger partial charge >= 0.3 is 0 Å². The smallest absolute Gasteiger partial charge is 0.300 e. The monoisotopic (exact) mass is 525 g/mol. The summed E-state index contributed by atoms with van der Waals surface area (Å²) in [6, 6.07) is 14.8. The van der Waals surface area contributed by atoms with Crippen LogP contribution in [0.2, 0.25) is 10.0 Å². The summed E-state index contributed by atoms with van der Waals surface area (Å²) in [5, 5.41) is 22.0. The SMILES string of the molecule is Cc1cc(/C(O)=C2\C(=O)C(=O)N(c3ccc(Cl)c(Cl)c3)C2c2cccc(O)c2)ccc1OCC(C)C. The second kappa shape index (κ2) is 10.2. The van der Waals surface area contributed by atoms with E-state index in [0.29, 0.717) is 40.1 Å². The van der Waals surface area contributed by atoms with Crippen molar-refractivity contribution in [2.75, 3.05) is 11.5 Å². The highest BCUT2D eigenvalue weighted by Crippen LogP contribution is 2.44. The van der Waals surface area contributed by atoms with Crippen LogP contribution in [-0.2, 0) is 9.59 Å². The molecule has 1 saturated heterocycles. The van der Waals surface area contributed by atoms with Gasteiger partial charge in [-0.05, 0) is 72.5 Å². The molecule has 1 heterocycles. The van der Waals surface area contributed by atoms with Crippen LogP contribution in [0, 0.1) is 12.8 Å². The van der Waals surface area contributed by atoms with Crippen LogP contribution < -0.4 is 9.64 Å². The molecule has 0 spiro atoms. The van der Waals surface area contributed by atoms with Gasteiger partial charge in [0.05, 0.1) is 28.3 Å². The first-order valence-electron chi connectivity index (χ1n) is 11.4. The van der Waals surface area contributed by atoms with Crippen LogP contribution >= 0.6 is 23.2 Å². The minimum absolute atomic E-state index is 0.0466. The molecule has 1 aliphatic rings. The zero-order valence-electron chi connectivity index (χ0n) is 20.0. The molecule has 1 unspecified atom stereocenters. The number of nitrogens with zero attached hydrogens (tertiary/aromatic N) is 1. The van der Waals surface area contributed by atoms with Crippen LogP contribution in [0.15, 0.2) is 66.2 Å². The lowest BCUT2D eigenvalue weighted by Gasteiger charge is -2.26. The number of hydrogen-bond donors (Lipinski definition) is 2. The van der Waals surface area contributed by atoms with Crippen molar-refractivity contribution in [3.8, 4) is 11.5 Å². The van der Waals surface area contributed by atoms with E-state index in [2.05, 4.69) is 0 Å². The van der Waals surface area contributed by atoms with Gasteiger partial charge in [-0.3, -0.25) is 14.5 Å². The normalized spacial score (nSPS) is 17.2. The van der Waals surface area contributed by atoms with Crippen molar-refractivity contribution in [1.82, 2.24) is 0 Å². The second-order valence-electron chi connectivity index (χ2n) is 9.05. The molecule has 4 rings (SSSR count). The summed E-state index contributed by atoms with van der Waals surface area (Å²) in [5.41, 5.74) is 1.80. The van der Waals surface area contributed by atoms with E-state index in [1.165, 1.54) is 29.2 Å². The first kappa shape index (κ1) is 25.6. The number of ketones is 1. The summed E-state index contributed by atoms with van der Waals surface area (Å²) >= 11 is 12.3. The molecule has 0 aliphatic carbocycles. The largest absolute Gasteiger partial charge is 0.508 e. The van der Waals surface area contributed by atoms with E-state index in [0.717, 1.165) is 5.56 Å². The number of aliphatic hydroxyl groups is 1. The first-order chi connectivity index (χ1) is 17.1. The minimum Gasteiger partial charge on any atom is -0.508 e. The van der Waals surface area contributed by atoms with Gasteiger partial charge in [-0.25, -0.2) is 0 Å². The van der Waals surface area contributed by atoms with Gasteiger partial charge < -0.3 is 14.9 Å². The molecule has 3 aromatic carbocycles. The number of hydrogen-bond acceptors (Lipinski definition) is 5. The van der Waals surface area contributed by atoms with Crippen molar-refractivity contribution < 1.29 is 24.5 Å². The number of carbonyl (C=O) groups excluding carboxylic acids is 2. The maximum atomic E-state index is 13.3. The van der Waals surface area contributed by atoms with Crippen LogP contribution in [0.4, 0.5) is 5.69 Å². The molecule has 1 amide bonds. The average molecular weight is 526 g/mol. The van der Waals surface area contributed by atoms with Crippen molar-refractivity contribution in [3.63, 3.8) is 0 Å². The standard InChI is InChI=1S/C28H25Cl2NO5/c1-15(2)14-36-23-10-7-18(11-16(23)3)26(33)24-25(17-5-4-6-20(32)12-17)31(28(35)27(24)34)19-8-9-21(29)22(30)13-19/h4-13,15,25,32-33H,14H2,1-3H3/b26-24+. The fraction of sp³-hybridized carbons (Fsp3) is 0.214. The van der Waals surface area contributed by atoms with Gasteiger partial charge in [0.1, 0.15) is 17.3 Å². The van der Waals surface area contributed by atoms with Gasteiger partial charge in [-0.15, -0.1) is 0 Å². The van der Waals surface area contributed by atoms with Gasteiger partial charge in [0.15, 0.2) is 0 Å². The predicted octanol–water partition coefficient (Wildman–Crippen LogP) is 6.67. The number of aliphatic hydroxyl groups excluding tert-OH is 1. The van der Waals surface area contributed by atoms with Gasteiger partial charge in [0.25, 0.3) is 11.7 Å². The van der Waals surface area contributed by atoms with Crippen LogP contribution in [0.25, 0.3) is 5.76 Å². The molecule has 1 aliphatic heterocycles. The van der Waals surface area contributed by atoms with Crippen LogP contribution in [0.3, 0.4) is 0 Å². The van der Waals surface area contributed by atoms with Crippen molar-refractivity contribution in [2.45, 2.75) is 26.8 Å². The summed E-state index contributed by atoms with van der Waals surface area (Å²) in [6.07, 6.45) is 0. The molecule has 0 bridgehead atoms. The molecule has 8 heteroatoms. The van der Waals surface area contributed by atoms with Gasteiger partial charge in [0, 0.05) is 11.3 Å². The van der Waals surface area contributed by atoms with Crippen molar-refractivity contribution in [1.29, 1.82) is 0 Å². The lowest BCUT2D eigenvalue weighted by atomic mass is 9.94. The fourth-order valence-corrected chi connectivity index (χ4v) is 4.41. The third-order valence-electron chi connectivity index (χ3n) is 5.83. The number of halogens is 2. The Kier molecular flexibility index (Phi) is 7.29. The highest BCUT2D eigenvalue weighted by molar-refractivity contribution is 6.52. The van der Waals surface area contributed by atoms with E-state index in [1.54, 1.807) is 36.4 Å². The number of amides is 1. The summed E-state index contributed by atoms with van der Waals surface area (Å²) < 4.78 is 5.82. The van der Waals surface area contributed by atoms with Crippen molar-refractivity contribution in [2.24, 2.45) is 5.92 Å². The van der Waals surface area contributed by atoms with Crippen molar-refractivity contribution >= 4 is 46.3 Å². The average Bonchev–Trinajstić information content (AvgIpc) is 3.10. The van der Waals surface area contributed by atoms with E-state index < -0.39 is 17.7 Å². The number of phenolic OH excluding ortho intramolecular Hbond substituents is 1. The molecular formula is C28H25Cl2NO5. The Morgan fingerprint density at radius 3 is 2.42 bits per heavy atom. The van der Waals surface area contributed by atoms with E-state index in [-0.39, 0.29) is 22.1 Å². The van der Waals surface area contributed by atoms with E-state index in [4.69, 9.17) is 27.9 Å². The molecule has 186 valence electrons. The molecule has 2 N–H and O–H groups in total. The highest BCUT2D eigenvalue weighted by atomic mass is 35.5. The Morgan fingerprint density at radius 1 is 1.03 bits per heavy atom. The van der Waals surface area contributed by atoms with Gasteiger partial charge in [-0.1, -0.05) is 49.2 Å². The number of benzene rings is 3. The summed E-state index contributed by atoms with van der Waals surface area (Å²) in [7, 11) is 0. The zero-order chi connectivity index (χ0) is 26.1. The van der Waals surface area contributed by atoms with E-state index in [1.807, 2.05) is 20.8 Å². The fourth-order valence-electron chi connectivity index (χ4n) is 4.11. The lowest BCUT2D eigenvalue weighted by Crippen LogP contribution is -2.29. The lowest BCUT2D eigenvalue weighted by molar-refractivity contribution is -0.132. The van der Waals surface area contributed by atoms with E-state index >= 15 is 0 Å². The Hall–Kier alpha value is -3.48.